The van der Waals surface area contributed by atoms with Crippen molar-refractivity contribution < 1.29 is 19.1 Å². The van der Waals surface area contributed by atoms with Crippen LogP contribution >= 0.6 is 11.3 Å². The van der Waals surface area contributed by atoms with Gasteiger partial charge in [-0.2, -0.15) is 0 Å². The third-order valence-corrected chi connectivity index (χ3v) is 5.60. The highest BCUT2D eigenvalue weighted by atomic mass is 32.1. The van der Waals surface area contributed by atoms with E-state index in [2.05, 4.69) is 9.88 Å². The minimum Gasteiger partial charge on any atom is -0.469 e. The molecule has 0 radical (unpaired) electrons. The molecule has 0 aliphatic carbocycles. The molecule has 8 heteroatoms. The minimum atomic E-state index is -0.514. The van der Waals surface area contributed by atoms with Crippen molar-refractivity contribution in [1.29, 1.82) is 0 Å². The lowest BCUT2D eigenvalue weighted by Crippen LogP contribution is -2.49. The molecule has 1 aromatic rings. The van der Waals surface area contributed by atoms with Crippen LogP contribution in [0.2, 0.25) is 0 Å². The lowest BCUT2D eigenvalue weighted by molar-refractivity contribution is -0.151. The Morgan fingerprint density at radius 2 is 1.78 bits per heavy atom. The number of anilines is 1. The van der Waals surface area contributed by atoms with Crippen LogP contribution in [0.3, 0.4) is 0 Å². The molecule has 1 aliphatic heterocycles. The van der Waals surface area contributed by atoms with Gasteiger partial charge in [-0.1, -0.05) is 0 Å². The van der Waals surface area contributed by atoms with Crippen molar-refractivity contribution in [3.8, 4) is 0 Å². The Bertz CT molecular complexity index is 658. The van der Waals surface area contributed by atoms with Crippen LogP contribution in [0.4, 0.5) is 9.80 Å². The highest BCUT2D eigenvalue weighted by molar-refractivity contribution is 7.15. The van der Waals surface area contributed by atoms with Crippen molar-refractivity contribution in [3.05, 3.63) is 11.2 Å². The number of piperazine rings is 1. The number of thiazole rings is 1. The molecule has 2 heterocycles. The number of amides is 1. The summed E-state index contributed by atoms with van der Waals surface area (Å²) in [6.07, 6.45) is 3.06. The SMILES string of the molecule is COC(=O)C(C)(C)CCc1ncc(N2CCN(C(=O)OC(C)(C)C)CC2)s1. The molecule has 0 spiro atoms. The Hall–Kier alpha value is -1.83. The number of aromatic nitrogens is 1. The van der Waals surface area contributed by atoms with Gasteiger partial charge in [0.05, 0.1) is 23.7 Å². The van der Waals surface area contributed by atoms with E-state index in [1.807, 2.05) is 40.8 Å². The Morgan fingerprint density at radius 1 is 1.15 bits per heavy atom. The first kappa shape index (κ1) is 21.5. The van der Waals surface area contributed by atoms with Crippen LogP contribution in [0.1, 0.15) is 46.0 Å². The maximum Gasteiger partial charge on any atom is 0.410 e. The van der Waals surface area contributed by atoms with Crippen LogP contribution in [0.5, 0.6) is 0 Å². The maximum atomic E-state index is 12.2. The summed E-state index contributed by atoms with van der Waals surface area (Å²) in [7, 11) is 1.42. The average molecular weight is 398 g/mol. The smallest absolute Gasteiger partial charge is 0.410 e. The van der Waals surface area contributed by atoms with Gasteiger partial charge in [-0.25, -0.2) is 9.78 Å². The summed E-state index contributed by atoms with van der Waals surface area (Å²) in [6.45, 7) is 12.2. The zero-order valence-corrected chi connectivity index (χ0v) is 18.0. The Balaban J connectivity index is 1.86. The molecule has 0 saturated carbocycles. The highest BCUT2D eigenvalue weighted by Gasteiger charge is 2.29. The summed E-state index contributed by atoms with van der Waals surface area (Å²) in [6, 6.07) is 0. The van der Waals surface area contributed by atoms with Gasteiger partial charge >= 0.3 is 12.1 Å². The fraction of sp³-hybridized carbons (Fsp3) is 0.737. The van der Waals surface area contributed by atoms with Gasteiger partial charge in [-0.3, -0.25) is 4.79 Å². The minimum absolute atomic E-state index is 0.197. The molecule has 0 aromatic carbocycles. The monoisotopic (exact) mass is 397 g/mol. The second-order valence-corrected chi connectivity index (χ2v) is 9.52. The topological polar surface area (TPSA) is 72.0 Å². The van der Waals surface area contributed by atoms with Crippen LogP contribution in [-0.2, 0) is 20.7 Å². The molecular formula is C19H31N3O4S. The van der Waals surface area contributed by atoms with Crippen LogP contribution in [0, 0.1) is 5.41 Å². The predicted molar refractivity (Wildman–Crippen MR) is 106 cm³/mol. The van der Waals surface area contributed by atoms with Crippen molar-refractivity contribution in [2.75, 3.05) is 38.2 Å². The van der Waals surface area contributed by atoms with E-state index >= 15 is 0 Å². The third-order valence-electron chi connectivity index (χ3n) is 4.49. The molecule has 2 rings (SSSR count). The molecule has 27 heavy (non-hydrogen) atoms. The molecule has 1 amide bonds. The summed E-state index contributed by atoms with van der Waals surface area (Å²) in [5, 5.41) is 2.11. The second-order valence-electron chi connectivity index (χ2n) is 8.42. The molecule has 7 nitrogen and oxygen atoms in total. The van der Waals surface area contributed by atoms with Crippen LogP contribution < -0.4 is 4.90 Å². The number of methoxy groups -OCH3 is 1. The normalized spacial score (nSPS) is 15.6. The van der Waals surface area contributed by atoms with Gasteiger partial charge < -0.3 is 19.3 Å². The standard InChI is InChI=1S/C19H31N3O4S/c1-18(2,3)26-17(24)22-11-9-21(10-12-22)15-13-20-14(27-15)7-8-19(4,5)16(23)25-6/h13H,7-12H2,1-6H3. The van der Waals surface area contributed by atoms with Gasteiger partial charge in [0.1, 0.15) is 10.6 Å². The first-order chi connectivity index (χ1) is 12.5. The molecule has 0 unspecified atom stereocenters. The Kier molecular flexibility index (Phi) is 6.72. The fourth-order valence-electron chi connectivity index (χ4n) is 2.80. The van der Waals surface area contributed by atoms with E-state index in [1.165, 1.54) is 7.11 Å². The van der Waals surface area contributed by atoms with E-state index in [9.17, 15) is 9.59 Å². The molecule has 0 N–H and O–H groups in total. The molecule has 1 aromatic heterocycles. The van der Waals surface area contributed by atoms with Crippen molar-refractivity contribution in [2.24, 2.45) is 5.41 Å². The van der Waals surface area contributed by atoms with Crippen LogP contribution in [0.15, 0.2) is 6.20 Å². The van der Waals surface area contributed by atoms with Gasteiger partial charge in [0.25, 0.3) is 0 Å². The van der Waals surface area contributed by atoms with Crippen molar-refractivity contribution >= 4 is 28.4 Å². The van der Waals surface area contributed by atoms with Gasteiger partial charge in [-0.15, -0.1) is 11.3 Å². The fourth-order valence-corrected chi connectivity index (χ4v) is 3.76. The van der Waals surface area contributed by atoms with Gasteiger partial charge in [0.15, 0.2) is 0 Å². The molecule has 1 fully saturated rings. The summed E-state index contributed by atoms with van der Waals surface area (Å²) in [4.78, 5) is 32.4. The van der Waals surface area contributed by atoms with E-state index in [0.29, 0.717) is 19.5 Å². The van der Waals surface area contributed by atoms with Crippen LogP contribution in [0.25, 0.3) is 0 Å². The van der Waals surface area contributed by atoms with Gasteiger partial charge in [0.2, 0.25) is 0 Å². The van der Waals surface area contributed by atoms with Gasteiger partial charge in [0, 0.05) is 32.6 Å². The number of carbonyl (C=O) groups is 2. The number of nitrogens with zero attached hydrogens (tertiary/aromatic N) is 3. The van der Waals surface area contributed by atoms with E-state index in [1.54, 1.807) is 16.2 Å². The first-order valence-corrected chi connectivity index (χ1v) is 10.1. The quantitative estimate of drug-likeness (QED) is 0.710. The van der Waals surface area contributed by atoms with E-state index < -0.39 is 11.0 Å². The predicted octanol–water partition coefficient (Wildman–Crippen LogP) is 3.33. The van der Waals surface area contributed by atoms with Crippen molar-refractivity contribution in [2.45, 2.75) is 53.1 Å². The molecule has 1 aliphatic rings. The van der Waals surface area contributed by atoms with E-state index in [-0.39, 0.29) is 12.1 Å². The summed E-state index contributed by atoms with van der Waals surface area (Å²) in [5.74, 6) is -0.197. The van der Waals surface area contributed by atoms with Crippen molar-refractivity contribution in [3.63, 3.8) is 0 Å². The molecule has 0 bridgehead atoms. The number of carbonyl (C=O) groups excluding carboxylic acids is 2. The number of esters is 1. The number of aryl methyl sites for hydroxylation is 1. The Morgan fingerprint density at radius 3 is 2.33 bits per heavy atom. The zero-order chi connectivity index (χ0) is 20.2. The third kappa shape index (κ3) is 6.09. The zero-order valence-electron chi connectivity index (χ0n) is 17.2. The molecule has 152 valence electrons. The first-order valence-electron chi connectivity index (χ1n) is 9.28. The van der Waals surface area contributed by atoms with Crippen molar-refractivity contribution in [1.82, 2.24) is 9.88 Å². The van der Waals surface area contributed by atoms with E-state index in [4.69, 9.17) is 9.47 Å². The number of rotatable bonds is 5. The average Bonchev–Trinajstić information content (AvgIpc) is 3.07. The lowest BCUT2D eigenvalue weighted by Gasteiger charge is -2.35. The van der Waals surface area contributed by atoms with Crippen LogP contribution in [-0.4, -0.2) is 60.8 Å². The summed E-state index contributed by atoms with van der Waals surface area (Å²) >= 11 is 1.65. The largest absolute Gasteiger partial charge is 0.469 e. The number of hydrogen-bond donors (Lipinski definition) is 0. The molecule has 1 saturated heterocycles. The number of ether oxygens (including phenoxy) is 2. The van der Waals surface area contributed by atoms with E-state index in [0.717, 1.165) is 29.5 Å². The summed E-state index contributed by atoms with van der Waals surface area (Å²) in [5.41, 5.74) is -0.988. The second kappa shape index (κ2) is 8.46. The highest BCUT2D eigenvalue weighted by Crippen LogP contribution is 2.29. The Labute approximate surface area is 165 Å². The summed E-state index contributed by atoms with van der Waals surface area (Å²) < 4.78 is 10.3. The number of hydrogen-bond acceptors (Lipinski definition) is 7. The molecular weight excluding hydrogens is 366 g/mol. The maximum absolute atomic E-state index is 12.2. The molecule has 0 atom stereocenters. The van der Waals surface area contributed by atoms with Gasteiger partial charge in [-0.05, 0) is 41.0 Å². The lowest BCUT2D eigenvalue weighted by atomic mass is 9.88.